The Kier molecular flexibility index (Phi) is 7.53. The fraction of sp³-hybridized carbons (Fsp3) is 0.381. The van der Waals surface area contributed by atoms with Gasteiger partial charge in [0.15, 0.2) is 0 Å². The molecule has 2 rings (SSSR count). The van der Waals surface area contributed by atoms with Crippen LogP contribution in [0.2, 0.25) is 0 Å². The van der Waals surface area contributed by atoms with Gasteiger partial charge in [-0.25, -0.2) is 0 Å². The fourth-order valence-corrected chi connectivity index (χ4v) is 2.43. The van der Waals surface area contributed by atoms with E-state index in [-0.39, 0.29) is 5.91 Å². The quantitative estimate of drug-likeness (QED) is 0.698. The van der Waals surface area contributed by atoms with Crippen molar-refractivity contribution in [2.24, 2.45) is 0 Å². The Hall–Kier alpha value is -2.09. The third-order valence-corrected chi connectivity index (χ3v) is 3.81. The molecule has 0 saturated heterocycles. The average molecular weight is 311 g/mol. The first-order valence-electron chi connectivity index (χ1n) is 8.48. The van der Waals surface area contributed by atoms with Gasteiger partial charge in [-0.3, -0.25) is 4.79 Å². The molecular weight excluding hydrogens is 282 g/mol. The number of rotatable bonds is 5. The van der Waals surface area contributed by atoms with E-state index in [9.17, 15) is 4.79 Å². The number of amides is 1. The largest absolute Gasteiger partial charge is 0.304 e. The van der Waals surface area contributed by atoms with Crippen LogP contribution in [0.1, 0.15) is 51.7 Å². The smallest absolute Gasteiger partial charge is 0.254 e. The first-order chi connectivity index (χ1) is 11.0. The molecule has 23 heavy (non-hydrogen) atoms. The average Bonchev–Trinajstić information content (AvgIpc) is 2.76. The third kappa shape index (κ3) is 4.69. The molecule has 2 nitrogen and oxygen atoms in total. The van der Waals surface area contributed by atoms with E-state index >= 15 is 0 Å². The van der Waals surface area contributed by atoms with Crippen LogP contribution in [0.15, 0.2) is 59.8 Å². The molecule has 0 radical (unpaired) electrons. The van der Waals surface area contributed by atoms with Crippen LogP contribution in [0.3, 0.4) is 0 Å². The summed E-state index contributed by atoms with van der Waals surface area (Å²) < 4.78 is 0. The molecule has 0 fully saturated rings. The molecular formula is C21H29NO. The molecule has 1 aromatic carbocycles. The summed E-state index contributed by atoms with van der Waals surface area (Å²) in [6.07, 6.45) is 6.29. The first-order valence-corrected chi connectivity index (χ1v) is 8.48. The predicted molar refractivity (Wildman–Crippen MR) is 99.0 cm³/mol. The van der Waals surface area contributed by atoms with Gasteiger partial charge >= 0.3 is 0 Å². The van der Waals surface area contributed by atoms with Crippen molar-refractivity contribution in [2.75, 3.05) is 0 Å². The summed E-state index contributed by atoms with van der Waals surface area (Å²) in [4.78, 5) is 14.2. The number of nitrogens with zero attached hydrogens (tertiary/aromatic N) is 1. The minimum atomic E-state index is 0.0664. The number of hydrogen-bond donors (Lipinski definition) is 0. The lowest BCUT2D eigenvalue weighted by Crippen LogP contribution is -2.24. The van der Waals surface area contributed by atoms with Crippen LogP contribution in [0, 0.1) is 6.92 Å². The van der Waals surface area contributed by atoms with Gasteiger partial charge in [-0.1, -0.05) is 75.8 Å². The lowest BCUT2D eigenvalue weighted by Gasteiger charge is -2.18. The molecule has 2 heteroatoms. The van der Waals surface area contributed by atoms with E-state index in [0.717, 1.165) is 35.2 Å². The van der Waals surface area contributed by atoms with E-state index in [4.69, 9.17) is 0 Å². The van der Waals surface area contributed by atoms with Gasteiger partial charge in [0.2, 0.25) is 0 Å². The molecule has 1 aliphatic rings. The predicted octanol–water partition coefficient (Wildman–Crippen LogP) is 5.55. The van der Waals surface area contributed by atoms with Crippen molar-refractivity contribution in [1.82, 2.24) is 4.90 Å². The molecule has 1 aromatic rings. The second kappa shape index (κ2) is 9.14. The van der Waals surface area contributed by atoms with Gasteiger partial charge in [-0.05, 0) is 25.8 Å². The maximum atomic E-state index is 12.4. The zero-order valence-corrected chi connectivity index (χ0v) is 15.1. The third-order valence-electron chi connectivity index (χ3n) is 3.81. The number of allylic oxidation sites excluding steroid dienone is 2. The normalized spacial score (nSPS) is 14.6. The molecule has 0 bridgehead atoms. The zero-order valence-electron chi connectivity index (χ0n) is 15.1. The molecule has 1 amide bonds. The Morgan fingerprint density at radius 1 is 1.13 bits per heavy atom. The number of carbonyl (C=O) groups excluding carboxylic acids is 1. The summed E-state index contributed by atoms with van der Waals surface area (Å²) in [5, 5.41) is 0. The summed E-state index contributed by atoms with van der Waals surface area (Å²) in [6.45, 7) is 14.8. The maximum absolute atomic E-state index is 12.4. The van der Waals surface area contributed by atoms with Gasteiger partial charge in [-0.15, -0.1) is 0 Å². The van der Waals surface area contributed by atoms with Gasteiger partial charge in [0.1, 0.15) is 0 Å². The van der Waals surface area contributed by atoms with Crippen LogP contribution >= 0.6 is 0 Å². The van der Waals surface area contributed by atoms with Crippen LogP contribution in [0.4, 0.5) is 0 Å². The minimum absolute atomic E-state index is 0.0664. The van der Waals surface area contributed by atoms with Crippen molar-refractivity contribution in [2.45, 2.75) is 54.0 Å². The topological polar surface area (TPSA) is 20.3 Å². The highest BCUT2D eigenvalue weighted by atomic mass is 16.2. The first kappa shape index (κ1) is 19.0. The number of benzene rings is 1. The summed E-state index contributed by atoms with van der Waals surface area (Å²) in [7, 11) is 0. The van der Waals surface area contributed by atoms with Crippen LogP contribution in [-0.2, 0) is 11.3 Å². The van der Waals surface area contributed by atoms with Gasteiger partial charge in [-0.2, -0.15) is 0 Å². The van der Waals surface area contributed by atoms with Gasteiger partial charge in [0.25, 0.3) is 5.91 Å². The highest BCUT2D eigenvalue weighted by molar-refractivity contribution is 6.00. The molecule has 0 atom stereocenters. The lowest BCUT2D eigenvalue weighted by atomic mass is 10.1. The molecule has 0 spiro atoms. The summed E-state index contributed by atoms with van der Waals surface area (Å²) in [5.74, 6) is 0.0664. The Balaban J connectivity index is 0.00000127. The monoisotopic (exact) mass is 311 g/mol. The minimum Gasteiger partial charge on any atom is -0.304 e. The molecule has 0 aromatic heterocycles. The molecule has 0 aliphatic carbocycles. The van der Waals surface area contributed by atoms with Crippen molar-refractivity contribution in [1.29, 1.82) is 0 Å². The molecule has 124 valence electrons. The lowest BCUT2D eigenvalue weighted by molar-refractivity contribution is -0.124. The van der Waals surface area contributed by atoms with Crippen LogP contribution < -0.4 is 0 Å². The molecule has 0 saturated carbocycles. The van der Waals surface area contributed by atoms with E-state index in [1.54, 1.807) is 4.90 Å². The maximum Gasteiger partial charge on any atom is 0.254 e. The van der Waals surface area contributed by atoms with E-state index < -0.39 is 0 Å². The van der Waals surface area contributed by atoms with E-state index in [1.807, 2.05) is 26.8 Å². The summed E-state index contributed by atoms with van der Waals surface area (Å²) in [5.41, 5.74) is 4.93. The molecule has 0 N–H and O–H groups in total. The van der Waals surface area contributed by atoms with E-state index in [0.29, 0.717) is 6.54 Å². The number of aryl methyl sites for hydroxylation is 1. The SMILES string of the molecule is C=C1C(/C=C\CCC)=C(C)C(=O)N1Cc1ccc(C)cc1.CC. The van der Waals surface area contributed by atoms with Crippen LogP contribution in [0.5, 0.6) is 0 Å². The van der Waals surface area contributed by atoms with Crippen molar-refractivity contribution >= 4 is 5.91 Å². The van der Waals surface area contributed by atoms with Gasteiger partial charge in [0, 0.05) is 16.8 Å². The Morgan fingerprint density at radius 3 is 2.30 bits per heavy atom. The second-order valence-electron chi connectivity index (χ2n) is 5.55. The van der Waals surface area contributed by atoms with Crippen molar-refractivity contribution in [3.63, 3.8) is 0 Å². The molecule has 1 aliphatic heterocycles. The van der Waals surface area contributed by atoms with E-state index in [1.165, 1.54) is 5.56 Å². The van der Waals surface area contributed by atoms with Gasteiger partial charge < -0.3 is 4.90 Å². The Morgan fingerprint density at radius 2 is 1.74 bits per heavy atom. The highest BCUT2D eigenvalue weighted by Crippen LogP contribution is 2.30. The van der Waals surface area contributed by atoms with Gasteiger partial charge in [0.05, 0.1) is 6.54 Å². The molecule has 1 heterocycles. The number of carbonyl (C=O) groups is 1. The zero-order chi connectivity index (χ0) is 17.4. The highest BCUT2D eigenvalue weighted by Gasteiger charge is 2.29. The number of hydrogen-bond acceptors (Lipinski definition) is 1. The fourth-order valence-electron chi connectivity index (χ4n) is 2.43. The summed E-state index contributed by atoms with van der Waals surface area (Å²) in [6, 6.07) is 8.27. The standard InChI is InChI=1S/C19H23NO.C2H6/c1-5-6-7-8-18-15(3)19(21)20(16(18)4)13-17-11-9-14(2)10-12-17;1-2/h7-12H,4-6,13H2,1-3H3;1-2H3/b8-7-;. The number of unbranched alkanes of at least 4 members (excludes halogenated alkanes) is 1. The summed E-state index contributed by atoms with van der Waals surface area (Å²) >= 11 is 0. The van der Waals surface area contributed by atoms with Crippen LogP contribution in [0.25, 0.3) is 0 Å². The van der Waals surface area contributed by atoms with Crippen LogP contribution in [-0.4, -0.2) is 10.8 Å². The van der Waals surface area contributed by atoms with E-state index in [2.05, 4.69) is 50.8 Å². The molecule has 0 unspecified atom stereocenters. The van der Waals surface area contributed by atoms with Crippen molar-refractivity contribution < 1.29 is 4.79 Å². The Labute approximate surface area is 141 Å². The van der Waals surface area contributed by atoms with Crippen molar-refractivity contribution in [3.05, 3.63) is 71.0 Å². The Bertz CT molecular complexity index is 605. The second-order valence-corrected chi connectivity index (χ2v) is 5.55. The van der Waals surface area contributed by atoms with Crippen molar-refractivity contribution in [3.8, 4) is 0 Å².